The van der Waals surface area contributed by atoms with Crippen LogP contribution in [0.3, 0.4) is 0 Å². The molecule has 1 atom stereocenters. The second kappa shape index (κ2) is 5.91. The van der Waals surface area contributed by atoms with Crippen LogP contribution in [0.25, 0.3) is 0 Å². The van der Waals surface area contributed by atoms with Crippen molar-refractivity contribution in [1.29, 1.82) is 0 Å². The third-order valence-corrected chi connectivity index (χ3v) is 4.94. The van der Waals surface area contributed by atoms with E-state index >= 15 is 0 Å². The van der Waals surface area contributed by atoms with Gasteiger partial charge in [0.05, 0.1) is 12.1 Å². The van der Waals surface area contributed by atoms with Crippen LogP contribution in [0.1, 0.15) is 56.2 Å². The molecule has 1 amide bonds. The average molecular weight is 320 g/mol. The summed E-state index contributed by atoms with van der Waals surface area (Å²) in [7, 11) is 0. The van der Waals surface area contributed by atoms with Crippen molar-refractivity contribution in [2.75, 3.05) is 32.7 Å². The minimum atomic E-state index is -0.775. The zero-order chi connectivity index (χ0) is 16.7. The maximum Gasteiger partial charge on any atom is 0.274 e. The molecule has 6 heteroatoms. The van der Waals surface area contributed by atoms with Crippen LogP contribution in [0, 0.1) is 0 Å². The summed E-state index contributed by atoms with van der Waals surface area (Å²) in [4.78, 5) is 16.7. The van der Waals surface area contributed by atoms with E-state index in [9.17, 15) is 9.90 Å². The summed E-state index contributed by atoms with van der Waals surface area (Å²) in [6.07, 6.45) is 3.06. The minimum absolute atomic E-state index is 0.0625. The Bertz CT molecular complexity index is 571. The number of β-amino-alcohol motifs (C(OH)–C–C–N with tert-alkyl or cyclic N) is 1. The number of aromatic amines is 1. The Hall–Kier alpha value is -1.40. The van der Waals surface area contributed by atoms with Crippen molar-refractivity contribution in [2.24, 2.45) is 0 Å². The number of aromatic nitrogens is 2. The van der Waals surface area contributed by atoms with Crippen molar-refractivity contribution in [2.45, 2.75) is 51.0 Å². The van der Waals surface area contributed by atoms with E-state index in [1.165, 1.54) is 12.8 Å². The van der Waals surface area contributed by atoms with Crippen LogP contribution < -0.4 is 0 Å². The summed E-state index contributed by atoms with van der Waals surface area (Å²) in [5.41, 5.74) is 0.559. The van der Waals surface area contributed by atoms with Crippen molar-refractivity contribution in [3.8, 4) is 0 Å². The largest absolute Gasteiger partial charge is 0.387 e. The Balaban J connectivity index is 1.63. The number of hydrogen-bond acceptors (Lipinski definition) is 4. The molecule has 0 radical (unpaired) electrons. The van der Waals surface area contributed by atoms with Gasteiger partial charge in [0.15, 0.2) is 0 Å². The Morgan fingerprint density at radius 3 is 2.65 bits per heavy atom. The standard InChI is InChI=1S/C17H28N4O2/c1-16(2,3)14-10-13(18-19-14)15(22)21-9-6-17(23,12-21)11-20-7-4-5-8-20/h10,23H,4-9,11-12H2,1-3H3,(H,18,19)/t17-/m0/s1. The van der Waals surface area contributed by atoms with Gasteiger partial charge in [-0.25, -0.2) is 0 Å². The predicted octanol–water partition coefficient (Wildman–Crippen LogP) is 1.38. The molecule has 2 fully saturated rings. The Morgan fingerprint density at radius 1 is 1.35 bits per heavy atom. The molecule has 1 aromatic heterocycles. The first-order chi connectivity index (χ1) is 10.8. The highest BCUT2D eigenvalue weighted by molar-refractivity contribution is 5.92. The fourth-order valence-electron chi connectivity index (χ4n) is 3.49. The molecule has 0 spiro atoms. The number of amides is 1. The van der Waals surface area contributed by atoms with Crippen LogP contribution in [0.5, 0.6) is 0 Å². The Labute approximate surface area is 137 Å². The maximum absolute atomic E-state index is 12.6. The number of H-pyrrole nitrogens is 1. The van der Waals surface area contributed by atoms with Gasteiger partial charge in [-0.15, -0.1) is 0 Å². The number of nitrogens with one attached hydrogen (secondary N) is 1. The van der Waals surface area contributed by atoms with E-state index in [4.69, 9.17) is 0 Å². The lowest BCUT2D eigenvalue weighted by molar-refractivity contribution is 0.0175. The third kappa shape index (κ3) is 3.58. The second-order valence-electron chi connectivity index (χ2n) is 8.10. The van der Waals surface area contributed by atoms with Crippen molar-refractivity contribution in [1.82, 2.24) is 20.0 Å². The fraction of sp³-hybridized carbons (Fsp3) is 0.765. The van der Waals surface area contributed by atoms with Gasteiger partial charge in [-0.2, -0.15) is 5.10 Å². The minimum Gasteiger partial charge on any atom is -0.387 e. The lowest BCUT2D eigenvalue weighted by Gasteiger charge is -2.28. The van der Waals surface area contributed by atoms with Crippen LogP contribution in [0.4, 0.5) is 0 Å². The molecule has 0 unspecified atom stereocenters. The summed E-state index contributed by atoms with van der Waals surface area (Å²) < 4.78 is 0. The van der Waals surface area contributed by atoms with E-state index in [1.54, 1.807) is 4.90 Å². The van der Waals surface area contributed by atoms with Gasteiger partial charge in [0.2, 0.25) is 0 Å². The monoisotopic (exact) mass is 320 g/mol. The van der Waals surface area contributed by atoms with E-state index in [0.717, 1.165) is 18.8 Å². The zero-order valence-corrected chi connectivity index (χ0v) is 14.4. The summed E-state index contributed by atoms with van der Waals surface area (Å²) >= 11 is 0. The van der Waals surface area contributed by atoms with E-state index < -0.39 is 5.60 Å². The van der Waals surface area contributed by atoms with Gasteiger partial charge in [-0.1, -0.05) is 20.8 Å². The summed E-state index contributed by atoms with van der Waals surface area (Å²) in [6, 6.07) is 1.83. The molecule has 0 saturated carbocycles. The van der Waals surface area contributed by atoms with Gasteiger partial charge in [0, 0.05) is 24.2 Å². The molecule has 1 aromatic rings. The maximum atomic E-state index is 12.6. The molecule has 23 heavy (non-hydrogen) atoms. The number of hydrogen-bond donors (Lipinski definition) is 2. The van der Waals surface area contributed by atoms with Crippen LogP contribution in [-0.2, 0) is 5.41 Å². The second-order valence-corrected chi connectivity index (χ2v) is 8.10. The molecule has 3 heterocycles. The molecule has 0 bridgehead atoms. The first kappa shape index (κ1) is 16.5. The molecule has 0 aliphatic carbocycles. The number of aliphatic hydroxyl groups is 1. The van der Waals surface area contributed by atoms with Gasteiger partial charge in [-0.05, 0) is 38.4 Å². The van der Waals surface area contributed by atoms with Gasteiger partial charge in [-0.3, -0.25) is 9.89 Å². The number of carbonyl (C=O) groups is 1. The lowest BCUT2D eigenvalue weighted by atomic mass is 9.92. The summed E-state index contributed by atoms with van der Waals surface area (Å²) in [5.74, 6) is -0.0888. The predicted molar refractivity (Wildman–Crippen MR) is 88.4 cm³/mol. The first-order valence-electron chi connectivity index (χ1n) is 8.57. The molecule has 2 aliphatic heterocycles. The number of rotatable bonds is 3. The number of nitrogens with zero attached hydrogens (tertiary/aromatic N) is 3. The smallest absolute Gasteiger partial charge is 0.274 e. The molecule has 3 rings (SSSR count). The molecule has 6 nitrogen and oxygen atoms in total. The SMILES string of the molecule is CC(C)(C)c1cc(C(=O)N2CC[C@](O)(CN3CCCC3)C2)n[nH]1. The third-order valence-electron chi connectivity index (χ3n) is 4.94. The van der Waals surface area contributed by atoms with E-state index in [2.05, 4.69) is 35.9 Å². The topological polar surface area (TPSA) is 72.5 Å². The highest BCUT2D eigenvalue weighted by atomic mass is 16.3. The highest BCUT2D eigenvalue weighted by Crippen LogP contribution is 2.26. The van der Waals surface area contributed by atoms with Gasteiger partial charge in [0.25, 0.3) is 5.91 Å². The molecule has 2 saturated heterocycles. The first-order valence-corrected chi connectivity index (χ1v) is 8.57. The van der Waals surface area contributed by atoms with E-state index in [-0.39, 0.29) is 11.3 Å². The number of carbonyl (C=O) groups excluding carboxylic acids is 1. The highest BCUT2D eigenvalue weighted by Gasteiger charge is 2.40. The average Bonchev–Trinajstić information content (AvgIpc) is 3.17. The lowest BCUT2D eigenvalue weighted by Crippen LogP contribution is -2.45. The van der Waals surface area contributed by atoms with Crippen molar-refractivity contribution >= 4 is 5.91 Å². The molecular weight excluding hydrogens is 292 g/mol. The van der Waals surface area contributed by atoms with Crippen molar-refractivity contribution < 1.29 is 9.90 Å². The van der Waals surface area contributed by atoms with E-state index in [0.29, 0.717) is 31.7 Å². The molecule has 0 aromatic carbocycles. The van der Waals surface area contributed by atoms with Gasteiger partial charge in [0.1, 0.15) is 5.69 Å². The van der Waals surface area contributed by atoms with Crippen LogP contribution in [0.15, 0.2) is 6.07 Å². The Morgan fingerprint density at radius 2 is 2.04 bits per heavy atom. The Kier molecular flexibility index (Phi) is 4.23. The molecule has 2 aliphatic rings. The summed E-state index contributed by atoms with van der Waals surface area (Å²) in [5, 5.41) is 17.9. The summed E-state index contributed by atoms with van der Waals surface area (Å²) in [6.45, 7) is 10.0. The van der Waals surface area contributed by atoms with Crippen LogP contribution in [0.2, 0.25) is 0 Å². The van der Waals surface area contributed by atoms with Crippen molar-refractivity contribution in [3.63, 3.8) is 0 Å². The van der Waals surface area contributed by atoms with Gasteiger partial charge >= 0.3 is 0 Å². The van der Waals surface area contributed by atoms with Gasteiger partial charge < -0.3 is 14.9 Å². The van der Waals surface area contributed by atoms with Crippen LogP contribution in [-0.4, -0.2) is 69.3 Å². The number of likely N-dealkylation sites (tertiary alicyclic amines) is 2. The molecule has 128 valence electrons. The molecule has 2 N–H and O–H groups in total. The molecular formula is C17H28N4O2. The van der Waals surface area contributed by atoms with E-state index in [1.807, 2.05) is 6.07 Å². The fourth-order valence-corrected chi connectivity index (χ4v) is 3.49. The van der Waals surface area contributed by atoms with Crippen LogP contribution >= 0.6 is 0 Å². The quantitative estimate of drug-likeness (QED) is 0.882. The van der Waals surface area contributed by atoms with Crippen molar-refractivity contribution in [3.05, 3.63) is 17.5 Å². The normalized spacial score (nSPS) is 26.2. The zero-order valence-electron chi connectivity index (χ0n) is 14.4.